The average molecular weight is 329 g/mol. The van der Waals surface area contributed by atoms with Crippen LogP contribution >= 0.6 is 0 Å². The number of aryl methyl sites for hydroxylation is 1. The largest absolute Gasteiger partial charge is 0.507 e. The molecule has 0 amide bonds. The highest BCUT2D eigenvalue weighted by Gasteiger charge is 2.25. The Labute approximate surface area is 148 Å². The first kappa shape index (κ1) is 15.6. The average Bonchev–Trinajstić information content (AvgIpc) is 2.67. The number of hydrogen-bond donors (Lipinski definition) is 1. The van der Waals surface area contributed by atoms with E-state index in [0.29, 0.717) is 0 Å². The first-order valence-corrected chi connectivity index (χ1v) is 8.82. The zero-order valence-electron chi connectivity index (χ0n) is 14.1. The van der Waals surface area contributed by atoms with Crippen LogP contribution in [0.1, 0.15) is 35.3 Å². The van der Waals surface area contributed by atoms with Crippen LogP contribution < -0.4 is 0 Å². The van der Waals surface area contributed by atoms with Gasteiger partial charge in [0.2, 0.25) is 0 Å². The first-order chi connectivity index (χ1) is 12.3. The van der Waals surface area contributed by atoms with Gasteiger partial charge in [-0.25, -0.2) is 4.42 Å². The SMILES string of the molecule is Oc1ccccc1/C=C/c1[o+]c(-c2ccccc2)cc2c1CCCC2. The third-order valence-electron chi connectivity index (χ3n) is 4.74. The lowest BCUT2D eigenvalue weighted by Crippen LogP contribution is -2.05. The van der Waals surface area contributed by atoms with Gasteiger partial charge in [0, 0.05) is 17.7 Å². The molecule has 1 N–H and O–H groups in total. The van der Waals surface area contributed by atoms with Gasteiger partial charge in [-0.15, -0.1) is 0 Å². The van der Waals surface area contributed by atoms with Gasteiger partial charge in [0.15, 0.2) is 0 Å². The molecule has 0 saturated carbocycles. The summed E-state index contributed by atoms with van der Waals surface area (Å²) in [4.78, 5) is 0. The zero-order valence-corrected chi connectivity index (χ0v) is 14.1. The van der Waals surface area contributed by atoms with Crippen molar-refractivity contribution in [2.45, 2.75) is 25.7 Å². The fourth-order valence-corrected chi connectivity index (χ4v) is 3.41. The molecule has 124 valence electrons. The van der Waals surface area contributed by atoms with E-state index in [9.17, 15) is 5.11 Å². The van der Waals surface area contributed by atoms with Crippen LogP contribution in [0.25, 0.3) is 23.5 Å². The monoisotopic (exact) mass is 329 g/mol. The molecule has 0 spiro atoms. The van der Waals surface area contributed by atoms with Crippen molar-refractivity contribution in [2.24, 2.45) is 0 Å². The molecule has 0 atom stereocenters. The number of phenols is 1. The van der Waals surface area contributed by atoms with Gasteiger partial charge >= 0.3 is 11.5 Å². The molecule has 1 aliphatic rings. The number of rotatable bonds is 3. The maximum absolute atomic E-state index is 9.98. The van der Waals surface area contributed by atoms with E-state index in [1.165, 1.54) is 24.0 Å². The van der Waals surface area contributed by atoms with Crippen molar-refractivity contribution < 1.29 is 9.52 Å². The zero-order chi connectivity index (χ0) is 17.1. The summed E-state index contributed by atoms with van der Waals surface area (Å²) in [5, 5.41) is 9.98. The molecule has 1 aromatic heterocycles. The molecule has 2 nitrogen and oxygen atoms in total. The summed E-state index contributed by atoms with van der Waals surface area (Å²) in [6, 6.07) is 19.8. The van der Waals surface area contributed by atoms with Gasteiger partial charge in [-0.3, -0.25) is 0 Å². The highest BCUT2D eigenvalue weighted by atomic mass is 16.3. The Morgan fingerprint density at radius 2 is 1.60 bits per heavy atom. The van der Waals surface area contributed by atoms with E-state index < -0.39 is 0 Å². The van der Waals surface area contributed by atoms with Crippen LogP contribution in [0.3, 0.4) is 0 Å². The molecule has 0 bridgehead atoms. The number of fused-ring (bicyclic) bond motifs is 1. The fourth-order valence-electron chi connectivity index (χ4n) is 3.41. The van der Waals surface area contributed by atoms with Crippen LogP contribution in [0.2, 0.25) is 0 Å². The second-order valence-corrected chi connectivity index (χ2v) is 6.44. The van der Waals surface area contributed by atoms with Crippen molar-refractivity contribution in [3.63, 3.8) is 0 Å². The van der Waals surface area contributed by atoms with Gasteiger partial charge in [0.25, 0.3) is 0 Å². The van der Waals surface area contributed by atoms with Gasteiger partial charge < -0.3 is 5.11 Å². The number of aromatic hydroxyl groups is 1. The lowest BCUT2D eigenvalue weighted by Gasteiger charge is -2.13. The van der Waals surface area contributed by atoms with Crippen molar-refractivity contribution in [1.82, 2.24) is 0 Å². The van der Waals surface area contributed by atoms with Crippen LogP contribution in [-0.2, 0) is 12.8 Å². The van der Waals surface area contributed by atoms with E-state index >= 15 is 0 Å². The van der Waals surface area contributed by atoms with E-state index in [1.807, 2.05) is 48.6 Å². The Morgan fingerprint density at radius 3 is 2.44 bits per heavy atom. The minimum Gasteiger partial charge on any atom is -0.507 e. The van der Waals surface area contributed by atoms with Gasteiger partial charge in [-0.1, -0.05) is 36.4 Å². The predicted molar refractivity (Wildman–Crippen MR) is 102 cm³/mol. The van der Waals surface area contributed by atoms with E-state index in [0.717, 1.165) is 35.5 Å². The lowest BCUT2D eigenvalue weighted by atomic mass is 9.90. The molecule has 0 fully saturated rings. The molecule has 2 aromatic carbocycles. The van der Waals surface area contributed by atoms with Gasteiger partial charge in [0.1, 0.15) is 5.75 Å². The Kier molecular flexibility index (Phi) is 4.34. The highest BCUT2D eigenvalue weighted by molar-refractivity contribution is 5.73. The van der Waals surface area contributed by atoms with Crippen LogP contribution in [0.15, 0.2) is 65.1 Å². The summed E-state index contributed by atoms with van der Waals surface area (Å²) in [5.74, 6) is 2.09. The Morgan fingerprint density at radius 1 is 0.840 bits per heavy atom. The molecule has 1 heterocycles. The second-order valence-electron chi connectivity index (χ2n) is 6.44. The summed E-state index contributed by atoms with van der Waals surface area (Å²) in [6.45, 7) is 0. The summed E-state index contributed by atoms with van der Waals surface area (Å²) < 4.78 is 6.26. The molecule has 4 rings (SSSR count). The third kappa shape index (κ3) is 3.34. The summed E-state index contributed by atoms with van der Waals surface area (Å²) in [7, 11) is 0. The molecular formula is C23H21O2+. The summed E-state index contributed by atoms with van der Waals surface area (Å²) in [5.41, 5.74) is 4.58. The lowest BCUT2D eigenvalue weighted by molar-refractivity contribution is 0.474. The Bertz CT molecular complexity index is 911. The maximum Gasteiger partial charge on any atom is 0.361 e. The van der Waals surface area contributed by atoms with Crippen molar-refractivity contribution in [3.8, 4) is 17.1 Å². The van der Waals surface area contributed by atoms with Gasteiger partial charge in [0.05, 0.1) is 11.1 Å². The van der Waals surface area contributed by atoms with Gasteiger partial charge in [-0.05, 0) is 55.5 Å². The molecule has 2 heteroatoms. The van der Waals surface area contributed by atoms with Crippen molar-refractivity contribution in [2.75, 3.05) is 0 Å². The molecule has 0 aliphatic heterocycles. The molecular weight excluding hydrogens is 308 g/mol. The first-order valence-electron chi connectivity index (χ1n) is 8.82. The Hall–Kier alpha value is -2.87. The normalized spacial score (nSPS) is 13.8. The number of phenolic OH excluding ortho intramolecular Hbond substituents is 1. The quantitative estimate of drug-likeness (QED) is 0.599. The third-order valence-corrected chi connectivity index (χ3v) is 4.74. The molecule has 0 radical (unpaired) electrons. The Balaban J connectivity index is 1.79. The standard InChI is InChI=1S/C23H20O2/c24-21-13-7-5-8-17(21)14-15-22-20-12-6-4-11-19(20)16-23(25-22)18-9-2-1-3-10-18/h1-3,5,7-10,13-16H,4,6,11-12H2/p+1/b15-14+. The van der Waals surface area contributed by atoms with Crippen LogP contribution in [0.5, 0.6) is 5.75 Å². The van der Waals surface area contributed by atoms with E-state index in [2.05, 4.69) is 18.2 Å². The highest BCUT2D eigenvalue weighted by Crippen LogP contribution is 2.32. The topological polar surface area (TPSA) is 31.5 Å². The van der Waals surface area contributed by atoms with Crippen LogP contribution in [0.4, 0.5) is 0 Å². The second kappa shape index (κ2) is 6.94. The van der Waals surface area contributed by atoms with E-state index in [-0.39, 0.29) is 5.75 Å². The minimum absolute atomic E-state index is 0.284. The van der Waals surface area contributed by atoms with Crippen LogP contribution in [0, 0.1) is 0 Å². The fraction of sp³-hybridized carbons (Fsp3) is 0.174. The molecule has 3 aromatic rings. The molecule has 25 heavy (non-hydrogen) atoms. The van der Waals surface area contributed by atoms with Crippen molar-refractivity contribution in [1.29, 1.82) is 0 Å². The van der Waals surface area contributed by atoms with Gasteiger partial charge in [-0.2, -0.15) is 0 Å². The van der Waals surface area contributed by atoms with Crippen molar-refractivity contribution in [3.05, 3.63) is 83.1 Å². The molecule has 1 aliphatic carbocycles. The molecule has 0 unspecified atom stereocenters. The maximum atomic E-state index is 9.98. The van der Waals surface area contributed by atoms with E-state index in [4.69, 9.17) is 4.42 Å². The number of benzene rings is 2. The number of hydrogen-bond acceptors (Lipinski definition) is 1. The predicted octanol–water partition coefficient (Wildman–Crippen LogP) is 5.98. The van der Waals surface area contributed by atoms with E-state index in [1.54, 1.807) is 6.07 Å². The number of para-hydroxylation sites is 1. The van der Waals surface area contributed by atoms with Crippen molar-refractivity contribution >= 4 is 12.2 Å². The minimum atomic E-state index is 0.284. The molecule has 0 saturated heterocycles. The van der Waals surface area contributed by atoms with Crippen LogP contribution in [-0.4, -0.2) is 5.11 Å². The summed E-state index contributed by atoms with van der Waals surface area (Å²) >= 11 is 0. The smallest absolute Gasteiger partial charge is 0.361 e. The summed E-state index contributed by atoms with van der Waals surface area (Å²) in [6.07, 6.45) is 8.50.